The molecule has 0 amide bonds. The minimum atomic E-state index is -3.70. The van der Waals surface area contributed by atoms with Crippen LogP contribution in [0.1, 0.15) is 23.6 Å². The van der Waals surface area contributed by atoms with Crippen LogP contribution in [0.5, 0.6) is 0 Å². The number of sulfonamides is 1. The first kappa shape index (κ1) is 17.8. The van der Waals surface area contributed by atoms with Gasteiger partial charge in [0.2, 0.25) is 10.0 Å². The topological polar surface area (TPSA) is 89.3 Å². The molecule has 0 aliphatic carbocycles. The first-order valence-electron chi connectivity index (χ1n) is 7.28. The summed E-state index contributed by atoms with van der Waals surface area (Å²) >= 11 is 0. The maximum Gasteiger partial charge on any atom is 0.269 e. The van der Waals surface area contributed by atoms with E-state index in [0.717, 1.165) is 5.56 Å². The van der Waals surface area contributed by atoms with Gasteiger partial charge in [-0.05, 0) is 31.0 Å². The molecule has 1 N–H and O–H groups in total. The monoisotopic (exact) mass is 346 g/mol. The van der Waals surface area contributed by atoms with Crippen molar-refractivity contribution in [2.45, 2.75) is 24.3 Å². The van der Waals surface area contributed by atoms with Crippen molar-refractivity contribution in [3.8, 4) is 0 Å². The van der Waals surface area contributed by atoms with Gasteiger partial charge in [0.15, 0.2) is 0 Å². The SMILES string of the molecule is C=CCC(NS(=O)(=O)c1ccc(C)cc1)c1ccc([N+](=O)[O-])cc1. The molecule has 2 rings (SSSR count). The smallest absolute Gasteiger partial charge is 0.258 e. The molecule has 0 saturated carbocycles. The van der Waals surface area contributed by atoms with Crippen LogP contribution in [0.3, 0.4) is 0 Å². The molecule has 0 radical (unpaired) electrons. The van der Waals surface area contributed by atoms with E-state index < -0.39 is 21.0 Å². The van der Waals surface area contributed by atoms with Crippen molar-refractivity contribution >= 4 is 15.7 Å². The van der Waals surface area contributed by atoms with E-state index in [1.807, 2.05) is 6.92 Å². The molecule has 126 valence electrons. The summed E-state index contributed by atoms with van der Waals surface area (Å²) in [6, 6.07) is 11.8. The lowest BCUT2D eigenvalue weighted by Gasteiger charge is -2.18. The Hall–Kier alpha value is -2.51. The fourth-order valence-electron chi connectivity index (χ4n) is 2.22. The van der Waals surface area contributed by atoms with Gasteiger partial charge in [-0.3, -0.25) is 10.1 Å². The Balaban J connectivity index is 2.28. The zero-order chi connectivity index (χ0) is 17.7. The van der Waals surface area contributed by atoms with E-state index in [4.69, 9.17) is 0 Å². The number of nitrogens with one attached hydrogen (secondary N) is 1. The van der Waals surface area contributed by atoms with Gasteiger partial charge in [0.1, 0.15) is 0 Å². The predicted octanol–water partition coefficient (Wildman–Crippen LogP) is 3.50. The van der Waals surface area contributed by atoms with Crippen LogP contribution in [0, 0.1) is 17.0 Å². The molecule has 0 spiro atoms. The van der Waals surface area contributed by atoms with E-state index in [1.54, 1.807) is 42.5 Å². The fraction of sp³-hybridized carbons (Fsp3) is 0.176. The summed E-state index contributed by atoms with van der Waals surface area (Å²) in [6.45, 7) is 5.52. The second-order valence-electron chi connectivity index (χ2n) is 5.36. The van der Waals surface area contributed by atoms with E-state index in [-0.39, 0.29) is 10.6 Å². The predicted molar refractivity (Wildman–Crippen MR) is 92.2 cm³/mol. The normalized spacial score (nSPS) is 12.5. The van der Waals surface area contributed by atoms with Crippen LogP contribution in [-0.4, -0.2) is 13.3 Å². The maximum absolute atomic E-state index is 12.5. The molecular weight excluding hydrogens is 328 g/mol. The number of rotatable bonds is 7. The summed E-state index contributed by atoms with van der Waals surface area (Å²) in [6.07, 6.45) is 1.96. The first-order valence-corrected chi connectivity index (χ1v) is 8.76. The molecule has 0 aromatic heterocycles. The molecule has 0 heterocycles. The minimum absolute atomic E-state index is 0.0440. The molecule has 7 heteroatoms. The van der Waals surface area contributed by atoms with E-state index in [1.165, 1.54) is 12.1 Å². The lowest BCUT2D eigenvalue weighted by atomic mass is 10.0. The van der Waals surface area contributed by atoms with Gasteiger partial charge in [0, 0.05) is 12.1 Å². The number of non-ortho nitro benzene ring substituents is 1. The van der Waals surface area contributed by atoms with Gasteiger partial charge in [0.05, 0.1) is 15.9 Å². The lowest BCUT2D eigenvalue weighted by Crippen LogP contribution is -2.28. The second kappa shape index (κ2) is 7.37. The van der Waals surface area contributed by atoms with E-state index in [2.05, 4.69) is 11.3 Å². The minimum Gasteiger partial charge on any atom is -0.258 e. The summed E-state index contributed by atoms with van der Waals surface area (Å²) < 4.78 is 27.7. The van der Waals surface area contributed by atoms with Crippen molar-refractivity contribution in [2.75, 3.05) is 0 Å². The van der Waals surface area contributed by atoms with Crippen molar-refractivity contribution < 1.29 is 13.3 Å². The molecule has 1 atom stereocenters. The highest BCUT2D eigenvalue weighted by Gasteiger charge is 2.21. The average molecular weight is 346 g/mol. The van der Waals surface area contributed by atoms with Gasteiger partial charge in [-0.25, -0.2) is 13.1 Å². The molecule has 0 aliphatic heterocycles. The molecule has 0 fully saturated rings. The highest BCUT2D eigenvalue weighted by atomic mass is 32.2. The number of benzene rings is 2. The molecule has 0 aliphatic rings. The Bertz CT molecular complexity index is 828. The third-order valence-corrected chi connectivity index (χ3v) is 5.02. The number of aryl methyl sites for hydroxylation is 1. The molecule has 6 nitrogen and oxygen atoms in total. The Morgan fingerprint density at radius 2 is 1.75 bits per heavy atom. The molecule has 2 aromatic carbocycles. The first-order chi connectivity index (χ1) is 11.3. The Kier molecular flexibility index (Phi) is 5.48. The quantitative estimate of drug-likeness (QED) is 0.472. The fourth-order valence-corrected chi connectivity index (χ4v) is 3.46. The molecule has 0 bridgehead atoms. The highest BCUT2D eigenvalue weighted by molar-refractivity contribution is 7.89. The van der Waals surface area contributed by atoms with E-state index in [0.29, 0.717) is 12.0 Å². The average Bonchev–Trinajstić information content (AvgIpc) is 2.55. The van der Waals surface area contributed by atoms with Crippen LogP contribution in [0.15, 0.2) is 66.1 Å². The van der Waals surface area contributed by atoms with E-state index in [9.17, 15) is 18.5 Å². The van der Waals surface area contributed by atoms with Gasteiger partial charge in [-0.1, -0.05) is 35.9 Å². The summed E-state index contributed by atoms with van der Waals surface area (Å²) in [4.78, 5) is 10.4. The Morgan fingerprint density at radius 1 is 1.17 bits per heavy atom. The highest BCUT2D eigenvalue weighted by Crippen LogP contribution is 2.23. The zero-order valence-electron chi connectivity index (χ0n) is 13.2. The summed E-state index contributed by atoms with van der Waals surface area (Å²) in [5, 5.41) is 10.7. The van der Waals surface area contributed by atoms with Crippen molar-refractivity contribution in [1.29, 1.82) is 0 Å². The summed E-state index contributed by atoms with van der Waals surface area (Å²) in [5.74, 6) is 0. The van der Waals surface area contributed by atoms with Gasteiger partial charge in [-0.2, -0.15) is 0 Å². The largest absolute Gasteiger partial charge is 0.269 e. The van der Waals surface area contributed by atoms with Gasteiger partial charge in [0.25, 0.3) is 5.69 Å². The second-order valence-corrected chi connectivity index (χ2v) is 7.07. The van der Waals surface area contributed by atoms with Crippen LogP contribution in [0.25, 0.3) is 0 Å². The van der Waals surface area contributed by atoms with Crippen molar-refractivity contribution in [3.63, 3.8) is 0 Å². The maximum atomic E-state index is 12.5. The molecule has 0 saturated heterocycles. The Labute approximate surface area is 141 Å². The number of nitrogens with zero attached hydrogens (tertiary/aromatic N) is 1. The molecule has 24 heavy (non-hydrogen) atoms. The van der Waals surface area contributed by atoms with Crippen molar-refractivity contribution in [2.24, 2.45) is 0 Å². The molecule has 2 aromatic rings. The number of hydrogen-bond donors (Lipinski definition) is 1. The van der Waals surface area contributed by atoms with Gasteiger partial charge in [-0.15, -0.1) is 6.58 Å². The molecular formula is C17H18N2O4S. The molecule has 1 unspecified atom stereocenters. The number of nitro groups is 1. The van der Waals surface area contributed by atoms with E-state index >= 15 is 0 Å². The number of nitro benzene ring substituents is 1. The van der Waals surface area contributed by atoms with Crippen LogP contribution < -0.4 is 4.72 Å². The van der Waals surface area contributed by atoms with Crippen LogP contribution >= 0.6 is 0 Å². The number of hydrogen-bond acceptors (Lipinski definition) is 4. The van der Waals surface area contributed by atoms with Crippen molar-refractivity contribution in [3.05, 3.63) is 82.4 Å². The summed E-state index contributed by atoms with van der Waals surface area (Å²) in [5.41, 5.74) is 1.56. The van der Waals surface area contributed by atoms with Crippen LogP contribution in [0.2, 0.25) is 0 Å². The van der Waals surface area contributed by atoms with Crippen LogP contribution in [-0.2, 0) is 10.0 Å². The van der Waals surface area contributed by atoms with Gasteiger partial charge < -0.3 is 0 Å². The van der Waals surface area contributed by atoms with Crippen molar-refractivity contribution in [1.82, 2.24) is 4.72 Å². The third-order valence-electron chi connectivity index (χ3n) is 3.54. The lowest BCUT2D eigenvalue weighted by molar-refractivity contribution is -0.384. The zero-order valence-corrected chi connectivity index (χ0v) is 14.0. The van der Waals surface area contributed by atoms with Gasteiger partial charge >= 0.3 is 0 Å². The van der Waals surface area contributed by atoms with Crippen LogP contribution in [0.4, 0.5) is 5.69 Å². The third kappa shape index (κ3) is 4.27. The Morgan fingerprint density at radius 3 is 2.25 bits per heavy atom. The summed E-state index contributed by atoms with van der Waals surface area (Å²) in [7, 11) is -3.70. The standard InChI is InChI=1S/C17H18N2O4S/c1-3-4-17(14-7-9-15(10-8-14)19(20)21)18-24(22,23)16-11-5-13(2)6-12-16/h3,5-12,17-18H,1,4H2,2H3.